The SMILES string of the molecule is CCn1c(S[C@H](C)C(=O)NCc2ccc(F)cc2)nnc1C1CC1. The molecule has 1 aromatic carbocycles. The van der Waals surface area contributed by atoms with Gasteiger partial charge in [0.25, 0.3) is 0 Å². The summed E-state index contributed by atoms with van der Waals surface area (Å²) in [5, 5.41) is 11.9. The van der Waals surface area contributed by atoms with Crippen molar-refractivity contribution in [3.8, 4) is 0 Å². The van der Waals surface area contributed by atoms with Crippen LogP contribution >= 0.6 is 11.8 Å². The van der Waals surface area contributed by atoms with E-state index in [4.69, 9.17) is 0 Å². The number of amides is 1. The molecule has 1 heterocycles. The third kappa shape index (κ3) is 3.95. The Morgan fingerprint density at radius 3 is 2.71 bits per heavy atom. The monoisotopic (exact) mass is 348 g/mol. The maximum absolute atomic E-state index is 12.9. The molecule has 1 aromatic heterocycles. The minimum absolute atomic E-state index is 0.0667. The van der Waals surface area contributed by atoms with Crippen LogP contribution in [0.25, 0.3) is 0 Å². The molecule has 1 atom stereocenters. The summed E-state index contributed by atoms with van der Waals surface area (Å²) >= 11 is 1.42. The normalized spacial score (nSPS) is 15.3. The van der Waals surface area contributed by atoms with Gasteiger partial charge in [-0.3, -0.25) is 4.79 Å². The third-order valence-corrected chi connectivity index (χ3v) is 5.12. The maximum atomic E-state index is 12.9. The first kappa shape index (κ1) is 17.0. The van der Waals surface area contributed by atoms with E-state index in [1.165, 1.54) is 36.7 Å². The number of nitrogens with one attached hydrogen (secondary N) is 1. The zero-order chi connectivity index (χ0) is 17.1. The Balaban J connectivity index is 1.57. The molecule has 0 saturated heterocycles. The van der Waals surface area contributed by atoms with Gasteiger partial charge in [0.1, 0.15) is 11.6 Å². The van der Waals surface area contributed by atoms with Crippen molar-refractivity contribution in [2.75, 3.05) is 0 Å². The Bertz CT molecular complexity index is 712. The van der Waals surface area contributed by atoms with Crippen LogP contribution in [-0.2, 0) is 17.9 Å². The largest absolute Gasteiger partial charge is 0.351 e. The first-order valence-corrected chi connectivity index (χ1v) is 9.08. The van der Waals surface area contributed by atoms with E-state index in [0.717, 1.165) is 23.1 Å². The Labute approximate surface area is 145 Å². The van der Waals surface area contributed by atoms with E-state index >= 15 is 0 Å². The first-order valence-electron chi connectivity index (χ1n) is 8.20. The molecule has 1 aliphatic rings. The Hall–Kier alpha value is -1.89. The molecule has 1 saturated carbocycles. The second-order valence-electron chi connectivity index (χ2n) is 5.96. The van der Waals surface area contributed by atoms with E-state index < -0.39 is 0 Å². The molecule has 1 N–H and O–H groups in total. The van der Waals surface area contributed by atoms with E-state index in [2.05, 4.69) is 27.0 Å². The summed E-state index contributed by atoms with van der Waals surface area (Å²) in [5.74, 6) is 1.23. The Kier molecular flexibility index (Phi) is 5.18. The lowest BCUT2D eigenvalue weighted by Crippen LogP contribution is -2.30. The lowest BCUT2D eigenvalue weighted by atomic mass is 10.2. The van der Waals surface area contributed by atoms with E-state index in [1.54, 1.807) is 12.1 Å². The highest BCUT2D eigenvalue weighted by molar-refractivity contribution is 8.00. The van der Waals surface area contributed by atoms with Crippen LogP contribution in [0.1, 0.15) is 44.0 Å². The van der Waals surface area contributed by atoms with Crippen molar-refractivity contribution in [3.63, 3.8) is 0 Å². The van der Waals surface area contributed by atoms with Gasteiger partial charge in [0.2, 0.25) is 5.91 Å². The summed E-state index contributed by atoms with van der Waals surface area (Å²) in [7, 11) is 0. The van der Waals surface area contributed by atoms with Crippen molar-refractivity contribution >= 4 is 17.7 Å². The molecule has 128 valence electrons. The van der Waals surface area contributed by atoms with E-state index in [1.807, 2.05) is 6.92 Å². The number of benzene rings is 1. The van der Waals surface area contributed by atoms with Gasteiger partial charge in [-0.25, -0.2) is 4.39 Å². The molecule has 1 amide bonds. The predicted molar refractivity (Wildman–Crippen MR) is 91.2 cm³/mol. The van der Waals surface area contributed by atoms with Gasteiger partial charge in [0.05, 0.1) is 5.25 Å². The van der Waals surface area contributed by atoms with Crippen molar-refractivity contribution in [2.24, 2.45) is 0 Å². The standard InChI is InChI=1S/C17H21FN4OS/c1-3-22-15(13-6-7-13)20-21-17(22)24-11(2)16(23)19-10-12-4-8-14(18)9-5-12/h4-5,8-9,11,13H,3,6-7,10H2,1-2H3,(H,19,23)/t11-/m1/s1. The van der Waals surface area contributed by atoms with Crippen LogP contribution in [0, 0.1) is 5.82 Å². The van der Waals surface area contributed by atoms with Crippen LogP contribution in [-0.4, -0.2) is 25.9 Å². The number of carbonyl (C=O) groups excluding carboxylic acids is 1. The van der Waals surface area contributed by atoms with Gasteiger partial charge in [-0.05, 0) is 44.4 Å². The molecule has 0 unspecified atom stereocenters. The van der Waals surface area contributed by atoms with Crippen molar-refractivity contribution < 1.29 is 9.18 Å². The molecule has 0 spiro atoms. The summed E-state index contributed by atoms with van der Waals surface area (Å²) in [5.41, 5.74) is 0.870. The third-order valence-electron chi connectivity index (χ3n) is 4.04. The molecule has 1 fully saturated rings. The fraction of sp³-hybridized carbons (Fsp3) is 0.471. The lowest BCUT2D eigenvalue weighted by Gasteiger charge is -2.12. The average molecular weight is 348 g/mol. The quantitative estimate of drug-likeness (QED) is 0.781. The van der Waals surface area contributed by atoms with Gasteiger partial charge in [0.15, 0.2) is 5.16 Å². The van der Waals surface area contributed by atoms with E-state index in [-0.39, 0.29) is 17.0 Å². The van der Waals surface area contributed by atoms with Gasteiger partial charge < -0.3 is 9.88 Å². The topological polar surface area (TPSA) is 59.8 Å². The highest BCUT2D eigenvalue weighted by Gasteiger charge is 2.30. The maximum Gasteiger partial charge on any atom is 0.233 e. The number of hydrogen-bond acceptors (Lipinski definition) is 4. The number of rotatable bonds is 7. The Morgan fingerprint density at radius 2 is 2.08 bits per heavy atom. The lowest BCUT2D eigenvalue weighted by molar-refractivity contribution is -0.120. The molecule has 3 rings (SSSR count). The van der Waals surface area contributed by atoms with Gasteiger partial charge in [-0.2, -0.15) is 0 Å². The highest BCUT2D eigenvalue weighted by Crippen LogP contribution is 2.40. The number of carbonyl (C=O) groups is 1. The summed E-state index contributed by atoms with van der Waals surface area (Å²) in [6, 6.07) is 6.12. The Morgan fingerprint density at radius 1 is 1.38 bits per heavy atom. The number of nitrogens with zero attached hydrogens (tertiary/aromatic N) is 3. The summed E-state index contributed by atoms with van der Waals surface area (Å²) < 4.78 is 15.0. The molecule has 5 nitrogen and oxygen atoms in total. The van der Waals surface area contributed by atoms with Crippen molar-refractivity contribution in [3.05, 3.63) is 41.5 Å². The summed E-state index contributed by atoms with van der Waals surface area (Å²) in [6.07, 6.45) is 2.35. The number of hydrogen-bond donors (Lipinski definition) is 1. The fourth-order valence-electron chi connectivity index (χ4n) is 2.47. The van der Waals surface area contributed by atoms with Crippen LogP contribution in [0.2, 0.25) is 0 Å². The summed E-state index contributed by atoms with van der Waals surface area (Å²) in [4.78, 5) is 12.3. The molecular weight excluding hydrogens is 327 g/mol. The van der Waals surface area contributed by atoms with Crippen LogP contribution in [0.5, 0.6) is 0 Å². The molecule has 0 aliphatic heterocycles. The predicted octanol–water partition coefficient (Wildman–Crippen LogP) is 3.11. The minimum Gasteiger partial charge on any atom is -0.351 e. The van der Waals surface area contributed by atoms with Gasteiger partial charge in [-0.15, -0.1) is 10.2 Å². The van der Waals surface area contributed by atoms with E-state index in [0.29, 0.717) is 12.5 Å². The minimum atomic E-state index is -0.278. The van der Waals surface area contributed by atoms with Crippen LogP contribution < -0.4 is 5.32 Å². The number of aromatic nitrogens is 3. The zero-order valence-electron chi connectivity index (χ0n) is 13.8. The molecule has 1 aliphatic carbocycles. The van der Waals surface area contributed by atoms with Crippen molar-refractivity contribution in [1.29, 1.82) is 0 Å². The van der Waals surface area contributed by atoms with Crippen LogP contribution in [0.4, 0.5) is 4.39 Å². The molecular formula is C17H21FN4OS. The summed E-state index contributed by atoms with van der Waals surface area (Å²) in [6.45, 7) is 5.12. The second-order valence-corrected chi connectivity index (χ2v) is 7.27. The van der Waals surface area contributed by atoms with Gasteiger partial charge in [-0.1, -0.05) is 23.9 Å². The molecule has 7 heteroatoms. The average Bonchev–Trinajstić information content (AvgIpc) is 3.35. The smallest absolute Gasteiger partial charge is 0.233 e. The fourth-order valence-corrected chi connectivity index (χ4v) is 3.42. The second kappa shape index (κ2) is 7.34. The molecule has 24 heavy (non-hydrogen) atoms. The van der Waals surface area contributed by atoms with Crippen molar-refractivity contribution in [2.45, 2.75) is 56.1 Å². The van der Waals surface area contributed by atoms with Gasteiger partial charge >= 0.3 is 0 Å². The van der Waals surface area contributed by atoms with Crippen molar-refractivity contribution in [1.82, 2.24) is 20.1 Å². The van der Waals surface area contributed by atoms with Crippen LogP contribution in [0.3, 0.4) is 0 Å². The number of halogens is 1. The molecule has 2 aromatic rings. The van der Waals surface area contributed by atoms with E-state index in [9.17, 15) is 9.18 Å². The van der Waals surface area contributed by atoms with Crippen LogP contribution in [0.15, 0.2) is 29.4 Å². The highest BCUT2D eigenvalue weighted by atomic mass is 32.2. The zero-order valence-corrected chi connectivity index (χ0v) is 14.6. The molecule has 0 radical (unpaired) electrons. The molecule has 0 bridgehead atoms. The van der Waals surface area contributed by atoms with Gasteiger partial charge in [0, 0.05) is 19.0 Å². The first-order chi connectivity index (χ1) is 11.6. The number of thioether (sulfide) groups is 1.